The molecule has 0 fully saturated rings. The van der Waals surface area contributed by atoms with E-state index in [2.05, 4.69) is 23.1 Å². The quantitative estimate of drug-likeness (QED) is 0.772. The summed E-state index contributed by atoms with van der Waals surface area (Å²) in [6.45, 7) is 0.606. The smallest absolute Gasteiger partial charge is 0.0909 e. The number of hydrogen-bond acceptors (Lipinski definition) is 3. The molecule has 1 aromatic heterocycles. The topological polar surface area (TPSA) is 29.3 Å². The van der Waals surface area contributed by atoms with Gasteiger partial charge in [0.05, 0.1) is 5.00 Å². The summed E-state index contributed by atoms with van der Waals surface area (Å²) in [5, 5.41) is 1.27. The molecule has 3 heteroatoms. The molecular weight excluding hydrogens is 168 g/mol. The summed E-state index contributed by atoms with van der Waals surface area (Å²) in [4.78, 5) is 3.36. The molecule has 0 aliphatic rings. The molecule has 12 heavy (non-hydrogen) atoms. The maximum absolute atomic E-state index is 5.35. The van der Waals surface area contributed by atoms with Gasteiger partial charge in [-0.15, -0.1) is 11.3 Å². The first kappa shape index (κ1) is 9.29. The highest BCUT2D eigenvalue weighted by Gasteiger charge is 1.97. The van der Waals surface area contributed by atoms with Crippen molar-refractivity contribution in [2.75, 3.05) is 25.5 Å². The van der Waals surface area contributed by atoms with Crippen molar-refractivity contribution in [2.24, 2.45) is 5.73 Å². The Morgan fingerprint density at radius 3 is 2.75 bits per heavy atom. The van der Waals surface area contributed by atoms with Crippen LogP contribution in [0.5, 0.6) is 0 Å². The highest BCUT2D eigenvalue weighted by atomic mass is 32.1. The Kier molecular flexibility index (Phi) is 3.31. The van der Waals surface area contributed by atoms with E-state index in [-0.39, 0.29) is 0 Å². The van der Waals surface area contributed by atoms with E-state index >= 15 is 0 Å². The number of hydrogen-bond donors (Lipinski definition) is 1. The summed E-state index contributed by atoms with van der Waals surface area (Å²) >= 11 is 1.76. The Morgan fingerprint density at radius 1 is 1.50 bits per heavy atom. The van der Waals surface area contributed by atoms with E-state index in [1.807, 2.05) is 20.2 Å². The molecule has 2 N–H and O–H groups in total. The highest BCUT2D eigenvalue weighted by Crippen LogP contribution is 2.24. The highest BCUT2D eigenvalue weighted by molar-refractivity contribution is 7.16. The van der Waals surface area contributed by atoms with E-state index in [9.17, 15) is 0 Å². The summed E-state index contributed by atoms with van der Waals surface area (Å²) in [5.41, 5.74) is 5.35. The van der Waals surface area contributed by atoms with Crippen molar-refractivity contribution >= 4 is 22.4 Å². The van der Waals surface area contributed by atoms with Gasteiger partial charge in [0, 0.05) is 25.5 Å². The number of thiophene rings is 1. The molecule has 0 amide bonds. The van der Waals surface area contributed by atoms with Crippen LogP contribution in [0.3, 0.4) is 0 Å². The van der Waals surface area contributed by atoms with Crippen LogP contribution in [0.15, 0.2) is 18.2 Å². The molecule has 1 heterocycles. The molecule has 0 bridgehead atoms. The lowest BCUT2D eigenvalue weighted by atomic mass is 10.4. The summed E-state index contributed by atoms with van der Waals surface area (Å²) in [7, 11) is 4.09. The number of anilines is 1. The Bertz CT molecular complexity index is 263. The van der Waals surface area contributed by atoms with Gasteiger partial charge in [0.15, 0.2) is 0 Å². The van der Waals surface area contributed by atoms with Crippen LogP contribution in [-0.2, 0) is 0 Å². The first-order valence-electron chi connectivity index (χ1n) is 3.88. The summed E-state index contributed by atoms with van der Waals surface area (Å²) in [6.07, 6.45) is 4.02. The number of nitrogens with zero attached hydrogens (tertiary/aromatic N) is 1. The van der Waals surface area contributed by atoms with Crippen LogP contribution in [0.2, 0.25) is 0 Å². The predicted octanol–water partition coefficient (Wildman–Crippen LogP) is 1.79. The lowest BCUT2D eigenvalue weighted by molar-refractivity contribution is 1.16. The molecule has 0 radical (unpaired) electrons. The van der Waals surface area contributed by atoms with Crippen molar-refractivity contribution in [3.8, 4) is 0 Å². The molecule has 0 saturated carbocycles. The summed E-state index contributed by atoms with van der Waals surface area (Å²) in [5.74, 6) is 0. The number of rotatable bonds is 3. The van der Waals surface area contributed by atoms with Crippen LogP contribution in [0.1, 0.15) is 4.88 Å². The van der Waals surface area contributed by atoms with Crippen molar-refractivity contribution in [3.63, 3.8) is 0 Å². The van der Waals surface area contributed by atoms with Gasteiger partial charge in [0.2, 0.25) is 0 Å². The van der Waals surface area contributed by atoms with E-state index in [1.54, 1.807) is 11.3 Å². The van der Waals surface area contributed by atoms with Gasteiger partial charge in [-0.2, -0.15) is 0 Å². The molecule has 0 spiro atoms. The molecule has 0 unspecified atom stereocenters. The second kappa shape index (κ2) is 4.28. The molecule has 66 valence electrons. The van der Waals surface area contributed by atoms with Crippen molar-refractivity contribution in [1.82, 2.24) is 0 Å². The summed E-state index contributed by atoms with van der Waals surface area (Å²) in [6, 6.07) is 4.22. The average Bonchev–Trinajstić information content (AvgIpc) is 2.48. The lowest BCUT2D eigenvalue weighted by Gasteiger charge is -2.06. The van der Waals surface area contributed by atoms with E-state index in [0.29, 0.717) is 6.54 Å². The summed E-state index contributed by atoms with van der Waals surface area (Å²) < 4.78 is 0. The first-order valence-corrected chi connectivity index (χ1v) is 4.69. The van der Waals surface area contributed by atoms with Gasteiger partial charge in [-0.3, -0.25) is 0 Å². The fraction of sp³-hybridized carbons (Fsp3) is 0.333. The first-order chi connectivity index (χ1) is 5.74. The van der Waals surface area contributed by atoms with E-state index < -0.39 is 0 Å². The Morgan fingerprint density at radius 2 is 2.25 bits per heavy atom. The third-order valence-electron chi connectivity index (χ3n) is 1.47. The minimum atomic E-state index is 0.606. The molecule has 0 aliphatic heterocycles. The van der Waals surface area contributed by atoms with Crippen LogP contribution in [0.25, 0.3) is 6.08 Å². The molecule has 0 aliphatic carbocycles. The zero-order valence-electron chi connectivity index (χ0n) is 7.45. The minimum absolute atomic E-state index is 0.606. The Hall–Kier alpha value is -0.800. The van der Waals surface area contributed by atoms with Gasteiger partial charge in [-0.25, -0.2) is 0 Å². The lowest BCUT2D eigenvalue weighted by Crippen LogP contribution is -2.05. The van der Waals surface area contributed by atoms with Crippen molar-refractivity contribution in [3.05, 3.63) is 23.1 Å². The van der Waals surface area contributed by atoms with Crippen LogP contribution in [0, 0.1) is 0 Å². The van der Waals surface area contributed by atoms with Crippen molar-refractivity contribution in [2.45, 2.75) is 0 Å². The van der Waals surface area contributed by atoms with E-state index in [4.69, 9.17) is 5.73 Å². The normalized spacial score (nSPS) is 10.9. The largest absolute Gasteiger partial charge is 0.370 e. The fourth-order valence-electron chi connectivity index (χ4n) is 0.856. The van der Waals surface area contributed by atoms with Crippen LogP contribution < -0.4 is 10.6 Å². The van der Waals surface area contributed by atoms with Crippen molar-refractivity contribution < 1.29 is 0 Å². The Labute approximate surface area is 77.3 Å². The zero-order chi connectivity index (χ0) is 8.97. The maximum atomic E-state index is 5.35. The van der Waals surface area contributed by atoms with Crippen molar-refractivity contribution in [1.29, 1.82) is 0 Å². The van der Waals surface area contributed by atoms with Crippen LogP contribution in [-0.4, -0.2) is 20.6 Å². The van der Waals surface area contributed by atoms with Gasteiger partial charge in [-0.05, 0) is 18.2 Å². The molecule has 0 aromatic carbocycles. The Balaban J connectivity index is 2.70. The van der Waals surface area contributed by atoms with Gasteiger partial charge in [0.25, 0.3) is 0 Å². The average molecular weight is 182 g/mol. The number of nitrogens with two attached hydrogens (primary N) is 1. The predicted molar refractivity (Wildman–Crippen MR) is 56.7 cm³/mol. The molecule has 0 saturated heterocycles. The molecule has 1 aromatic rings. The van der Waals surface area contributed by atoms with Crippen LogP contribution >= 0.6 is 11.3 Å². The van der Waals surface area contributed by atoms with Gasteiger partial charge in [0.1, 0.15) is 0 Å². The molecular formula is C9H14N2S. The third-order valence-corrected chi connectivity index (χ3v) is 2.69. The zero-order valence-corrected chi connectivity index (χ0v) is 8.27. The molecule has 0 atom stereocenters. The second-order valence-electron chi connectivity index (χ2n) is 2.71. The van der Waals surface area contributed by atoms with Gasteiger partial charge >= 0.3 is 0 Å². The molecule has 1 rings (SSSR count). The third kappa shape index (κ3) is 2.36. The SMILES string of the molecule is CN(C)c1ccc(C=CCN)s1. The molecule has 2 nitrogen and oxygen atoms in total. The van der Waals surface area contributed by atoms with Crippen LogP contribution in [0.4, 0.5) is 5.00 Å². The van der Waals surface area contributed by atoms with E-state index in [0.717, 1.165) is 0 Å². The fourth-order valence-corrected chi connectivity index (χ4v) is 1.72. The van der Waals surface area contributed by atoms with Gasteiger partial charge in [-0.1, -0.05) is 6.08 Å². The maximum Gasteiger partial charge on any atom is 0.0909 e. The minimum Gasteiger partial charge on any atom is -0.370 e. The second-order valence-corrected chi connectivity index (χ2v) is 3.80. The van der Waals surface area contributed by atoms with E-state index in [1.165, 1.54) is 9.88 Å². The monoisotopic (exact) mass is 182 g/mol. The van der Waals surface area contributed by atoms with Gasteiger partial charge < -0.3 is 10.6 Å². The standard InChI is InChI=1S/C9H14N2S/c1-11(2)9-6-5-8(12-9)4-3-7-10/h3-6H,7,10H2,1-2H3.